The second-order valence-corrected chi connectivity index (χ2v) is 14.1. The van der Waals surface area contributed by atoms with Gasteiger partial charge < -0.3 is 28.7 Å². The van der Waals surface area contributed by atoms with E-state index in [4.69, 9.17) is 18.9 Å². The van der Waals surface area contributed by atoms with E-state index in [1.165, 1.54) is 67.0 Å². The van der Waals surface area contributed by atoms with Crippen molar-refractivity contribution in [2.24, 2.45) is 0 Å². The van der Waals surface area contributed by atoms with Crippen molar-refractivity contribution in [3.8, 4) is 22.3 Å². The monoisotopic (exact) mass is 620 g/mol. The zero-order valence-corrected chi connectivity index (χ0v) is 28.3. The fourth-order valence-electron chi connectivity index (χ4n) is 6.70. The zero-order chi connectivity index (χ0) is 31.9. The standard InChI is InChI=1S/C40H48N2O4/c1-25(2)11-33-15-31(13-27(5)39(33)41(17-35-21-43-35)18-36-22-44-36)29-7-9-30(10-8-29)32-14-28(6)40(34(16-32)12-26(3)4)42(19-37-23-45-37)20-38-24-46-38/h7-16,35-38H,17-24H2,1-6H3. The molecule has 0 aliphatic carbocycles. The van der Waals surface area contributed by atoms with Crippen LogP contribution in [0.5, 0.6) is 0 Å². The molecule has 0 N–H and O–H groups in total. The summed E-state index contributed by atoms with van der Waals surface area (Å²) in [5.41, 5.74) is 15.2. The van der Waals surface area contributed by atoms with E-state index in [1.54, 1.807) is 0 Å². The fraction of sp³-hybridized carbons (Fsp3) is 0.450. The van der Waals surface area contributed by atoms with E-state index in [-0.39, 0.29) is 0 Å². The maximum absolute atomic E-state index is 5.64. The van der Waals surface area contributed by atoms with E-state index in [1.807, 2.05) is 0 Å². The number of ether oxygens (including phenoxy) is 4. The van der Waals surface area contributed by atoms with Gasteiger partial charge in [0.2, 0.25) is 0 Å². The molecule has 4 atom stereocenters. The van der Waals surface area contributed by atoms with Crippen LogP contribution in [0.4, 0.5) is 11.4 Å². The Kier molecular flexibility index (Phi) is 8.81. The predicted molar refractivity (Wildman–Crippen MR) is 189 cm³/mol. The van der Waals surface area contributed by atoms with Gasteiger partial charge in [-0.05, 0) is 110 Å². The van der Waals surface area contributed by atoms with Gasteiger partial charge in [0.1, 0.15) is 0 Å². The van der Waals surface area contributed by atoms with E-state index in [0.717, 1.165) is 52.6 Å². The molecule has 7 rings (SSSR count). The third-order valence-corrected chi connectivity index (χ3v) is 9.04. The van der Waals surface area contributed by atoms with Crippen LogP contribution in [0.15, 0.2) is 59.7 Å². The molecule has 242 valence electrons. The van der Waals surface area contributed by atoms with Crippen LogP contribution in [0.3, 0.4) is 0 Å². The van der Waals surface area contributed by atoms with Crippen molar-refractivity contribution in [2.45, 2.75) is 66.0 Å². The predicted octanol–water partition coefficient (Wildman–Crippen LogP) is 7.69. The molecule has 4 aliphatic rings. The van der Waals surface area contributed by atoms with Crippen LogP contribution >= 0.6 is 0 Å². The summed E-state index contributed by atoms with van der Waals surface area (Å²) in [6.07, 6.45) is 5.92. The summed E-state index contributed by atoms with van der Waals surface area (Å²) in [4.78, 5) is 4.97. The molecular weight excluding hydrogens is 572 g/mol. The van der Waals surface area contributed by atoms with E-state index >= 15 is 0 Å². The normalized spacial score (nSPS) is 22.2. The first-order chi connectivity index (χ1) is 22.2. The van der Waals surface area contributed by atoms with Gasteiger partial charge in [-0.25, -0.2) is 0 Å². The number of hydrogen-bond donors (Lipinski definition) is 0. The smallest absolute Gasteiger partial charge is 0.0984 e. The molecule has 6 nitrogen and oxygen atoms in total. The third kappa shape index (κ3) is 7.75. The molecule has 0 amide bonds. The number of hydrogen-bond acceptors (Lipinski definition) is 6. The van der Waals surface area contributed by atoms with Crippen molar-refractivity contribution < 1.29 is 18.9 Å². The van der Waals surface area contributed by atoms with Crippen molar-refractivity contribution in [1.82, 2.24) is 0 Å². The minimum atomic E-state index is 0.322. The second kappa shape index (κ2) is 13.0. The van der Waals surface area contributed by atoms with Crippen molar-refractivity contribution in [3.63, 3.8) is 0 Å². The molecular formula is C40H48N2O4. The molecule has 4 fully saturated rings. The molecule has 4 unspecified atom stereocenters. The Morgan fingerprint density at radius 2 is 0.848 bits per heavy atom. The summed E-state index contributed by atoms with van der Waals surface area (Å²) >= 11 is 0. The van der Waals surface area contributed by atoms with Gasteiger partial charge in [-0.3, -0.25) is 0 Å². The fourth-order valence-corrected chi connectivity index (χ4v) is 6.70. The van der Waals surface area contributed by atoms with Gasteiger partial charge in [0.15, 0.2) is 0 Å². The van der Waals surface area contributed by atoms with Crippen LogP contribution in [0.2, 0.25) is 0 Å². The quantitative estimate of drug-likeness (QED) is 0.172. The average molecular weight is 621 g/mol. The maximum atomic E-state index is 5.64. The van der Waals surface area contributed by atoms with Gasteiger partial charge in [-0.1, -0.05) is 47.6 Å². The summed E-state index contributed by atoms with van der Waals surface area (Å²) in [5, 5.41) is 0. The SMILES string of the molecule is CC(C)=Cc1cc(-c2ccc(-c3cc(C)c(N(CC4CO4)CC4CO4)c(C=C(C)C)c3)cc2)cc(C)c1N(CC1CO1)CC1CO1. The van der Waals surface area contributed by atoms with Crippen molar-refractivity contribution in [1.29, 1.82) is 0 Å². The molecule has 0 saturated carbocycles. The second-order valence-electron chi connectivity index (χ2n) is 14.1. The minimum absolute atomic E-state index is 0.322. The first-order valence-corrected chi connectivity index (χ1v) is 16.9. The number of rotatable bonds is 14. The lowest BCUT2D eigenvalue weighted by molar-refractivity contribution is 0.388. The number of anilines is 2. The van der Waals surface area contributed by atoms with Crippen LogP contribution in [0.25, 0.3) is 34.4 Å². The van der Waals surface area contributed by atoms with Gasteiger partial charge in [-0.2, -0.15) is 0 Å². The number of allylic oxidation sites excluding steroid dienone is 2. The number of benzene rings is 3. The van der Waals surface area contributed by atoms with E-state index in [9.17, 15) is 0 Å². The number of epoxide rings is 4. The Labute approximate surface area is 274 Å². The van der Waals surface area contributed by atoms with Crippen LogP contribution in [-0.4, -0.2) is 77.0 Å². The molecule has 6 heteroatoms. The Bertz CT molecular complexity index is 1480. The van der Waals surface area contributed by atoms with Crippen LogP contribution in [0.1, 0.15) is 49.9 Å². The highest BCUT2D eigenvalue weighted by molar-refractivity contribution is 5.82. The first kappa shape index (κ1) is 31.2. The number of aryl methyl sites for hydroxylation is 2. The Morgan fingerprint density at radius 1 is 0.543 bits per heavy atom. The first-order valence-electron chi connectivity index (χ1n) is 16.9. The van der Waals surface area contributed by atoms with E-state index < -0.39 is 0 Å². The third-order valence-electron chi connectivity index (χ3n) is 9.04. The molecule has 0 aromatic heterocycles. The zero-order valence-electron chi connectivity index (χ0n) is 28.3. The maximum Gasteiger partial charge on any atom is 0.0984 e. The van der Waals surface area contributed by atoms with Gasteiger partial charge >= 0.3 is 0 Å². The van der Waals surface area contributed by atoms with Crippen molar-refractivity contribution >= 4 is 23.5 Å². The lowest BCUT2D eigenvalue weighted by Gasteiger charge is -2.28. The van der Waals surface area contributed by atoms with E-state index in [0.29, 0.717) is 24.4 Å². The molecule has 3 aromatic carbocycles. The molecule has 3 aromatic rings. The summed E-state index contributed by atoms with van der Waals surface area (Å²) in [5.74, 6) is 0. The Hall–Kier alpha value is -3.42. The average Bonchev–Trinajstić information content (AvgIpc) is 3.81. The minimum Gasteiger partial charge on any atom is -0.371 e. The van der Waals surface area contributed by atoms with Crippen LogP contribution < -0.4 is 9.80 Å². The van der Waals surface area contributed by atoms with Gasteiger partial charge in [0.25, 0.3) is 0 Å². The largest absolute Gasteiger partial charge is 0.371 e. The highest BCUT2D eigenvalue weighted by atomic mass is 16.6. The molecule has 0 spiro atoms. The lowest BCUT2D eigenvalue weighted by atomic mass is 9.93. The molecule has 0 radical (unpaired) electrons. The summed E-state index contributed by atoms with van der Waals surface area (Å²) in [7, 11) is 0. The lowest BCUT2D eigenvalue weighted by Crippen LogP contribution is -2.32. The van der Waals surface area contributed by atoms with Gasteiger partial charge in [-0.15, -0.1) is 0 Å². The molecule has 4 aliphatic heterocycles. The summed E-state index contributed by atoms with van der Waals surface area (Å²) in [6, 6.07) is 18.5. The highest BCUT2D eigenvalue weighted by Crippen LogP contribution is 2.38. The Balaban J connectivity index is 1.20. The van der Waals surface area contributed by atoms with E-state index in [2.05, 4.69) is 112 Å². The Morgan fingerprint density at radius 3 is 1.11 bits per heavy atom. The molecule has 4 saturated heterocycles. The van der Waals surface area contributed by atoms with Crippen molar-refractivity contribution in [2.75, 3.05) is 62.4 Å². The number of nitrogens with zero attached hydrogens (tertiary/aromatic N) is 2. The molecule has 0 bridgehead atoms. The highest BCUT2D eigenvalue weighted by Gasteiger charge is 2.33. The topological polar surface area (TPSA) is 56.6 Å². The molecule has 46 heavy (non-hydrogen) atoms. The van der Waals surface area contributed by atoms with Gasteiger partial charge in [0.05, 0.1) is 50.8 Å². The van der Waals surface area contributed by atoms with Crippen LogP contribution in [-0.2, 0) is 18.9 Å². The summed E-state index contributed by atoms with van der Waals surface area (Å²) < 4.78 is 22.5. The van der Waals surface area contributed by atoms with Gasteiger partial charge in [0, 0.05) is 37.6 Å². The van der Waals surface area contributed by atoms with Crippen molar-refractivity contribution in [3.05, 3.63) is 81.9 Å². The molecule has 4 heterocycles. The summed E-state index contributed by atoms with van der Waals surface area (Å²) in [6.45, 7) is 20.2. The van der Waals surface area contributed by atoms with Crippen LogP contribution in [0, 0.1) is 13.8 Å².